The van der Waals surface area contributed by atoms with E-state index >= 15 is 0 Å². The summed E-state index contributed by atoms with van der Waals surface area (Å²) in [6.45, 7) is 1.88. The Hall–Kier alpha value is -2.91. The van der Waals surface area contributed by atoms with Crippen molar-refractivity contribution in [2.75, 3.05) is 33.5 Å². The van der Waals surface area contributed by atoms with E-state index < -0.39 is 22.0 Å². The summed E-state index contributed by atoms with van der Waals surface area (Å²) in [5.41, 5.74) is 1.89. The normalized spacial score (nSPS) is 12.3. The maximum absolute atomic E-state index is 13.0. The molecule has 0 aromatic heterocycles. The number of nitrogens with zero attached hydrogens (tertiary/aromatic N) is 2. The second-order valence-electron chi connectivity index (χ2n) is 7.59. The van der Waals surface area contributed by atoms with E-state index in [9.17, 15) is 18.0 Å². The van der Waals surface area contributed by atoms with Gasteiger partial charge in [0.05, 0.1) is 19.9 Å². The zero-order chi connectivity index (χ0) is 23.7. The van der Waals surface area contributed by atoms with Crippen LogP contribution in [0.1, 0.15) is 18.1 Å². The van der Waals surface area contributed by atoms with Gasteiger partial charge in [-0.2, -0.15) is 4.31 Å². The molecule has 0 aliphatic heterocycles. The van der Waals surface area contributed by atoms with Gasteiger partial charge in [-0.05, 0) is 36.6 Å². The number of rotatable bonds is 11. The second kappa shape index (κ2) is 11.6. The molecular weight excluding hydrogens is 430 g/mol. The van der Waals surface area contributed by atoms with Crippen LogP contribution in [0.15, 0.2) is 54.6 Å². The van der Waals surface area contributed by atoms with Crippen LogP contribution in [0.5, 0.6) is 5.75 Å². The Balaban J connectivity index is 2.11. The summed E-state index contributed by atoms with van der Waals surface area (Å²) in [7, 11) is -0.635. The molecule has 8 nitrogen and oxygen atoms in total. The van der Waals surface area contributed by atoms with Crippen molar-refractivity contribution in [2.24, 2.45) is 0 Å². The number of amides is 2. The summed E-state index contributed by atoms with van der Waals surface area (Å²) in [5.74, 6) is -0.0839. The predicted octanol–water partition coefficient (Wildman–Crippen LogP) is 1.66. The van der Waals surface area contributed by atoms with Crippen molar-refractivity contribution in [3.05, 3.63) is 65.7 Å². The van der Waals surface area contributed by atoms with E-state index in [-0.39, 0.29) is 19.0 Å². The molecule has 0 saturated carbocycles. The van der Waals surface area contributed by atoms with E-state index in [1.165, 1.54) is 11.9 Å². The molecule has 32 heavy (non-hydrogen) atoms. The molecule has 0 fully saturated rings. The standard InChI is InChI=1S/C23H31N3O5S/c1-18(23(28)24-15-14-19-8-6-5-7-9-19)26(22(27)17-25(2)32(4,29)30)16-20-10-12-21(31-3)13-11-20/h5-13,18H,14-17H2,1-4H3,(H,24,28). The number of ether oxygens (including phenoxy) is 1. The number of carbonyl (C=O) groups excluding carboxylic acids is 2. The third-order valence-corrected chi connectivity index (χ3v) is 6.42. The maximum atomic E-state index is 13.0. The van der Waals surface area contributed by atoms with Crippen molar-refractivity contribution in [3.63, 3.8) is 0 Å². The summed E-state index contributed by atoms with van der Waals surface area (Å²) >= 11 is 0. The molecular formula is C23H31N3O5S. The van der Waals surface area contributed by atoms with E-state index in [2.05, 4.69) is 5.32 Å². The van der Waals surface area contributed by atoms with Crippen LogP contribution in [0.25, 0.3) is 0 Å². The zero-order valence-electron chi connectivity index (χ0n) is 18.9. The Morgan fingerprint density at radius 3 is 2.22 bits per heavy atom. The molecule has 0 bridgehead atoms. The summed E-state index contributed by atoms with van der Waals surface area (Å²) in [5, 5.41) is 2.87. The van der Waals surface area contributed by atoms with Crippen LogP contribution in [-0.4, -0.2) is 69.0 Å². The molecule has 174 valence electrons. The number of hydrogen-bond donors (Lipinski definition) is 1. The highest BCUT2D eigenvalue weighted by atomic mass is 32.2. The third kappa shape index (κ3) is 7.65. The highest BCUT2D eigenvalue weighted by Gasteiger charge is 2.28. The first kappa shape index (κ1) is 25.4. The number of nitrogens with one attached hydrogen (secondary N) is 1. The molecule has 2 rings (SSSR count). The number of sulfonamides is 1. The van der Waals surface area contributed by atoms with Crippen molar-refractivity contribution >= 4 is 21.8 Å². The van der Waals surface area contributed by atoms with Gasteiger partial charge in [0.2, 0.25) is 21.8 Å². The Bertz CT molecular complexity index is 994. The van der Waals surface area contributed by atoms with Gasteiger partial charge in [-0.25, -0.2) is 8.42 Å². The topological polar surface area (TPSA) is 96.0 Å². The minimum atomic E-state index is -3.54. The maximum Gasteiger partial charge on any atom is 0.242 e. The van der Waals surface area contributed by atoms with Gasteiger partial charge in [-0.15, -0.1) is 0 Å². The summed E-state index contributed by atoms with van der Waals surface area (Å²) < 4.78 is 29.6. The van der Waals surface area contributed by atoms with Crippen LogP contribution in [0.3, 0.4) is 0 Å². The lowest BCUT2D eigenvalue weighted by molar-refractivity contribution is -0.140. The van der Waals surface area contributed by atoms with Gasteiger partial charge in [-0.3, -0.25) is 9.59 Å². The number of benzene rings is 2. The van der Waals surface area contributed by atoms with Crippen LogP contribution < -0.4 is 10.1 Å². The van der Waals surface area contributed by atoms with Crippen molar-refractivity contribution in [2.45, 2.75) is 25.9 Å². The number of carbonyl (C=O) groups is 2. The monoisotopic (exact) mass is 461 g/mol. The fourth-order valence-electron chi connectivity index (χ4n) is 3.03. The van der Waals surface area contributed by atoms with Crippen LogP contribution in [0, 0.1) is 0 Å². The molecule has 0 spiro atoms. The fourth-order valence-corrected chi connectivity index (χ4v) is 3.38. The minimum absolute atomic E-state index is 0.160. The molecule has 1 N–H and O–H groups in total. The molecule has 2 aromatic carbocycles. The SMILES string of the molecule is COc1ccc(CN(C(=O)CN(C)S(C)(=O)=O)C(C)C(=O)NCCc2ccccc2)cc1. The fraction of sp³-hybridized carbons (Fsp3) is 0.391. The molecule has 2 aromatic rings. The Labute approximate surface area is 190 Å². The van der Waals surface area contributed by atoms with Gasteiger partial charge in [0, 0.05) is 20.1 Å². The van der Waals surface area contributed by atoms with Crippen LogP contribution in [0.4, 0.5) is 0 Å². The van der Waals surface area contributed by atoms with E-state index in [0.29, 0.717) is 18.7 Å². The first-order valence-electron chi connectivity index (χ1n) is 10.3. The Morgan fingerprint density at radius 2 is 1.66 bits per heavy atom. The summed E-state index contributed by atoms with van der Waals surface area (Å²) in [6.07, 6.45) is 1.70. The van der Waals surface area contributed by atoms with Gasteiger partial charge in [-0.1, -0.05) is 42.5 Å². The predicted molar refractivity (Wildman–Crippen MR) is 124 cm³/mol. The number of hydrogen-bond acceptors (Lipinski definition) is 5. The van der Waals surface area contributed by atoms with Gasteiger partial charge in [0.25, 0.3) is 0 Å². The van der Waals surface area contributed by atoms with E-state index in [0.717, 1.165) is 21.7 Å². The average Bonchev–Trinajstić information content (AvgIpc) is 2.77. The summed E-state index contributed by atoms with van der Waals surface area (Å²) in [6, 6.07) is 16.1. The summed E-state index contributed by atoms with van der Waals surface area (Å²) in [4.78, 5) is 27.2. The van der Waals surface area contributed by atoms with Crippen LogP contribution in [-0.2, 0) is 32.6 Å². The van der Waals surface area contributed by atoms with Crippen molar-refractivity contribution < 1.29 is 22.7 Å². The molecule has 1 atom stereocenters. The Morgan fingerprint density at radius 1 is 1.03 bits per heavy atom. The number of likely N-dealkylation sites (N-methyl/N-ethyl adjacent to an activating group) is 1. The van der Waals surface area contributed by atoms with Gasteiger partial charge >= 0.3 is 0 Å². The van der Waals surface area contributed by atoms with E-state index in [4.69, 9.17) is 4.74 Å². The first-order chi connectivity index (χ1) is 15.1. The lowest BCUT2D eigenvalue weighted by Gasteiger charge is -2.30. The lowest BCUT2D eigenvalue weighted by atomic mass is 10.1. The van der Waals surface area contributed by atoms with Gasteiger partial charge in [0.15, 0.2) is 0 Å². The second-order valence-corrected chi connectivity index (χ2v) is 9.68. The highest BCUT2D eigenvalue weighted by Crippen LogP contribution is 2.15. The van der Waals surface area contributed by atoms with Gasteiger partial charge < -0.3 is 15.0 Å². The first-order valence-corrected chi connectivity index (χ1v) is 12.1. The third-order valence-electron chi connectivity index (χ3n) is 5.16. The van der Waals surface area contributed by atoms with E-state index in [1.54, 1.807) is 38.3 Å². The average molecular weight is 462 g/mol. The van der Waals surface area contributed by atoms with Gasteiger partial charge in [0.1, 0.15) is 11.8 Å². The Kier molecular flexibility index (Phi) is 9.22. The van der Waals surface area contributed by atoms with E-state index in [1.807, 2.05) is 30.3 Å². The molecule has 9 heteroatoms. The lowest BCUT2D eigenvalue weighted by Crippen LogP contribution is -2.50. The highest BCUT2D eigenvalue weighted by molar-refractivity contribution is 7.88. The quantitative estimate of drug-likeness (QED) is 0.549. The van der Waals surface area contributed by atoms with Crippen molar-refractivity contribution in [1.29, 1.82) is 0 Å². The molecule has 0 heterocycles. The molecule has 0 saturated heterocycles. The number of methoxy groups -OCH3 is 1. The van der Waals surface area contributed by atoms with Crippen LogP contribution >= 0.6 is 0 Å². The van der Waals surface area contributed by atoms with Crippen LogP contribution in [0.2, 0.25) is 0 Å². The molecule has 0 aliphatic rings. The zero-order valence-corrected chi connectivity index (χ0v) is 19.8. The largest absolute Gasteiger partial charge is 0.497 e. The van der Waals surface area contributed by atoms with Crippen molar-refractivity contribution in [3.8, 4) is 5.75 Å². The molecule has 0 radical (unpaired) electrons. The van der Waals surface area contributed by atoms with Crippen molar-refractivity contribution in [1.82, 2.24) is 14.5 Å². The minimum Gasteiger partial charge on any atom is -0.497 e. The molecule has 0 aliphatic carbocycles. The smallest absolute Gasteiger partial charge is 0.242 e. The molecule has 1 unspecified atom stereocenters. The molecule has 2 amide bonds.